The number of pyridine rings is 1. The number of rotatable bonds is 5. The van der Waals surface area contributed by atoms with Gasteiger partial charge in [-0.1, -0.05) is 25.1 Å². The molecule has 1 N–H and O–H groups in total. The first-order valence-electron chi connectivity index (χ1n) is 9.00. The Balaban J connectivity index is 1.77. The summed E-state index contributed by atoms with van der Waals surface area (Å²) in [6, 6.07) is 19.3. The SMILES string of the molecule is CCc1ccccc1N[C@H]1c2ncccc2C(=O)N1c1ccc(OC)cc1. The standard InChI is InChI=1S/C22H21N3O2/c1-3-15-7-4-5-9-19(15)24-21-20-18(8-6-14-23-20)22(26)25(21)16-10-12-17(27-2)13-11-16/h4-14,21,24H,3H2,1-2H3/t21-/m1/s1. The summed E-state index contributed by atoms with van der Waals surface area (Å²) < 4.78 is 5.24. The molecule has 0 saturated carbocycles. The van der Waals surface area contributed by atoms with Crippen molar-refractivity contribution in [2.24, 2.45) is 0 Å². The molecule has 0 unspecified atom stereocenters. The number of hydrogen-bond donors (Lipinski definition) is 1. The monoisotopic (exact) mass is 359 g/mol. The van der Waals surface area contributed by atoms with Crippen molar-refractivity contribution >= 4 is 17.3 Å². The number of carbonyl (C=O) groups is 1. The molecule has 5 heteroatoms. The van der Waals surface area contributed by atoms with Crippen LogP contribution in [0.5, 0.6) is 5.75 Å². The Morgan fingerprint density at radius 2 is 1.85 bits per heavy atom. The van der Waals surface area contributed by atoms with E-state index >= 15 is 0 Å². The minimum Gasteiger partial charge on any atom is -0.497 e. The number of aromatic nitrogens is 1. The Bertz CT molecular complexity index is 969. The lowest BCUT2D eigenvalue weighted by Crippen LogP contribution is -2.32. The number of hydrogen-bond acceptors (Lipinski definition) is 4. The molecule has 1 aromatic heterocycles. The van der Waals surface area contributed by atoms with Crippen LogP contribution in [0.2, 0.25) is 0 Å². The zero-order valence-electron chi connectivity index (χ0n) is 15.3. The van der Waals surface area contributed by atoms with Crippen LogP contribution in [0.1, 0.15) is 34.7 Å². The molecule has 0 saturated heterocycles. The summed E-state index contributed by atoms with van der Waals surface area (Å²) in [4.78, 5) is 19.4. The fourth-order valence-corrected chi connectivity index (χ4v) is 3.44. The third kappa shape index (κ3) is 3.01. The summed E-state index contributed by atoms with van der Waals surface area (Å²) in [5, 5.41) is 3.54. The van der Waals surface area contributed by atoms with E-state index in [2.05, 4.69) is 23.3 Å². The highest BCUT2D eigenvalue weighted by Gasteiger charge is 2.39. The molecular weight excluding hydrogens is 338 g/mol. The smallest absolute Gasteiger partial charge is 0.262 e. The van der Waals surface area contributed by atoms with Gasteiger partial charge in [-0.3, -0.25) is 14.7 Å². The maximum absolute atomic E-state index is 13.1. The molecule has 1 amide bonds. The minimum absolute atomic E-state index is 0.0604. The Hall–Kier alpha value is -3.34. The van der Waals surface area contributed by atoms with E-state index in [9.17, 15) is 4.79 Å². The van der Waals surface area contributed by atoms with Crippen molar-refractivity contribution in [2.75, 3.05) is 17.3 Å². The number of nitrogens with zero attached hydrogens (tertiary/aromatic N) is 2. The highest BCUT2D eigenvalue weighted by atomic mass is 16.5. The van der Waals surface area contributed by atoms with E-state index in [1.165, 1.54) is 5.56 Å². The summed E-state index contributed by atoms with van der Waals surface area (Å²) in [5.41, 5.74) is 4.37. The van der Waals surface area contributed by atoms with Crippen molar-refractivity contribution in [1.82, 2.24) is 4.98 Å². The first-order chi connectivity index (χ1) is 13.2. The molecular formula is C22H21N3O2. The van der Waals surface area contributed by atoms with E-state index in [1.54, 1.807) is 24.3 Å². The molecule has 0 radical (unpaired) electrons. The number of ether oxygens (including phenoxy) is 1. The van der Waals surface area contributed by atoms with Crippen LogP contribution in [-0.2, 0) is 6.42 Å². The van der Waals surface area contributed by atoms with Gasteiger partial charge in [0.15, 0.2) is 6.17 Å². The fraction of sp³-hybridized carbons (Fsp3) is 0.182. The number of aryl methyl sites for hydroxylation is 1. The predicted molar refractivity (Wildman–Crippen MR) is 106 cm³/mol. The van der Waals surface area contributed by atoms with Gasteiger partial charge in [0.05, 0.1) is 18.4 Å². The van der Waals surface area contributed by atoms with Gasteiger partial charge in [0.1, 0.15) is 5.75 Å². The number of para-hydroxylation sites is 1. The topological polar surface area (TPSA) is 54.5 Å². The largest absolute Gasteiger partial charge is 0.497 e. The number of carbonyl (C=O) groups excluding carboxylic acids is 1. The third-order valence-corrected chi connectivity index (χ3v) is 4.85. The van der Waals surface area contributed by atoms with Crippen molar-refractivity contribution in [3.8, 4) is 5.75 Å². The summed E-state index contributed by atoms with van der Waals surface area (Å²) in [6.45, 7) is 2.12. The molecule has 0 bridgehead atoms. The van der Waals surface area contributed by atoms with Gasteiger partial charge in [0, 0.05) is 17.6 Å². The number of nitrogens with one attached hydrogen (secondary N) is 1. The number of benzene rings is 2. The first-order valence-corrected chi connectivity index (χ1v) is 9.00. The van der Waals surface area contributed by atoms with Crippen LogP contribution in [0.3, 0.4) is 0 Å². The zero-order chi connectivity index (χ0) is 18.8. The molecule has 3 aromatic rings. The molecule has 0 fully saturated rings. The fourth-order valence-electron chi connectivity index (χ4n) is 3.44. The van der Waals surface area contributed by atoms with E-state index in [1.807, 2.05) is 48.5 Å². The molecule has 5 nitrogen and oxygen atoms in total. The molecule has 2 heterocycles. The Morgan fingerprint density at radius 3 is 2.59 bits per heavy atom. The second-order valence-electron chi connectivity index (χ2n) is 6.37. The Kier molecular flexibility index (Phi) is 4.50. The summed E-state index contributed by atoms with van der Waals surface area (Å²) in [5.74, 6) is 0.691. The van der Waals surface area contributed by atoms with Crippen LogP contribution in [-0.4, -0.2) is 18.0 Å². The van der Waals surface area contributed by atoms with Crippen LogP contribution >= 0.6 is 0 Å². The van der Waals surface area contributed by atoms with Crippen LogP contribution in [0.15, 0.2) is 66.9 Å². The quantitative estimate of drug-likeness (QED) is 0.732. The van der Waals surface area contributed by atoms with Crippen LogP contribution < -0.4 is 15.0 Å². The van der Waals surface area contributed by atoms with Crippen molar-refractivity contribution in [3.05, 3.63) is 83.7 Å². The van der Waals surface area contributed by atoms with Gasteiger partial charge in [-0.25, -0.2) is 0 Å². The zero-order valence-corrected chi connectivity index (χ0v) is 15.3. The van der Waals surface area contributed by atoms with E-state index in [0.29, 0.717) is 5.56 Å². The van der Waals surface area contributed by atoms with E-state index < -0.39 is 0 Å². The van der Waals surface area contributed by atoms with Crippen LogP contribution in [0.4, 0.5) is 11.4 Å². The predicted octanol–water partition coefficient (Wildman–Crippen LogP) is 4.42. The van der Waals surface area contributed by atoms with E-state index in [0.717, 1.165) is 29.2 Å². The summed E-state index contributed by atoms with van der Waals surface area (Å²) in [7, 11) is 1.63. The molecule has 0 aliphatic carbocycles. The van der Waals surface area contributed by atoms with Crippen molar-refractivity contribution in [1.29, 1.82) is 0 Å². The van der Waals surface area contributed by atoms with Gasteiger partial charge in [-0.2, -0.15) is 0 Å². The Morgan fingerprint density at radius 1 is 1.07 bits per heavy atom. The number of fused-ring (bicyclic) bond motifs is 1. The number of amides is 1. The second kappa shape index (κ2) is 7.11. The third-order valence-electron chi connectivity index (χ3n) is 4.85. The molecule has 1 aliphatic heterocycles. The molecule has 2 aromatic carbocycles. The lowest BCUT2D eigenvalue weighted by Gasteiger charge is -2.27. The molecule has 136 valence electrons. The molecule has 4 rings (SSSR count). The molecule has 27 heavy (non-hydrogen) atoms. The average molecular weight is 359 g/mol. The maximum atomic E-state index is 13.1. The highest BCUT2D eigenvalue weighted by molar-refractivity contribution is 6.11. The molecule has 1 atom stereocenters. The van der Waals surface area contributed by atoms with Crippen LogP contribution in [0.25, 0.3) is 0 Å². The maximum Gasteiger partial charge on any atom is 0.262 e. The van der Waals surface area contributed by atoms with Gasteiger partial charge in [0.25, 0.3) is 5.91 Å². The van der Waals surface area contributed by atoms with Gasteiger partial charge in [0.2, 0.25) is 0 Å². The Labute approximate surface area is 158 Å². The van der Waals surface area contributed by atoms with Crippen molar-refractivity contribution < 1.29 is 9.53 Å². The van der Waals surface area contributed by atoms with Gasteiger partial charge >= 0.3 is 0 Å². The molecule has 1 aliphatic rings. The number of methoxy groups -OCH3 is 1. The minimum atomic E-state index is -0.366. The lowest BCUT2D eigenvalue weighted by atomic mass is 10.1. The lowest BCUT2D eigenvalue weighted by molar-refractivity contribution is 0.0993. The normalized spacial score (nSPS) is 15.6. The first kappa shape index (κ1) is 17.1. The average Bonchev–Trinajstić information content (AvgIpc) is 3.00. The summed E-state index contributed by atoms with van der Waals surface area (Å²) >= 11 is 0. The van der Waals surface area contributed by atoms with Crippen LogP contribution in [0, 0.1) is 0 Å². The summed E-state index contributed by atoms with van der Waals surface area (Å²) in [6.07, 6.45) is 2.26. The molecule has 0 spiro atoms. The van der Waals surface area contributed by atoms with Gasteiger partial charge in [-0.05, 0) is 54.4 Å². The highest BCUT2D eigenvalue weighted by Crippen LogP contribution is 2.37. The van der Waals surface area contributed by atoms with Gasteiger partial charge < -0.3 is 10.1 Å². The second-order valence-corrected chi connectivity index (χ2v) is 6.37. The van der Waals surface area contributed by atoms with Gasteiger partial charge in [-0.15, -0.1) is 0 Å². The van der Waals surface area contributed by atoms with E-state index in [4.69, 9.17) is 4.74 Å². The number of anilines is 2. The van der Waals surface area contributed by atoms with Crippen molar-refractivity contribution in [2.45, 2.75) is 19.5 Å². The van der Waals surface area contributed by atoms with E-state index in [-0.39, 0.29) is 12.1 Å². The van der Waals surface area contributed by atoms with Crippen molar-refractivity contribution in [3.63, 3.8) is 0 Å².